The van der Waals surface area contributed by atoms with E-state index in [0.717, 1.165) is 24.4 Å². The van der Waals surface area contributed by atoms with Gasteiger partial charge >= 0.3 is 0 Å². The normalized spacial score (nSPS) is 18.4. The van der Waals surface area contributed by atoms with Crippen LogP contribution in [0.2, 0.25) is 5.28 Å². The smallest absolute Gasteiger partial charge is 0.226 e. The Bertz CT molecular complexity index is 590. The summed E-state index contributed by atoms with van der Waals surface area (Å²) in [5, 5.41) is 0.264. The van der Waals surface area contributed by atoms with Crippen molar-refractivity contribution in [3.8, 4) is 0 Å². The number of nitrogens with one attached hydrogen (secondary N) is 1. The van der Waals surface area contributed by atoms with E-state index in [1.807, 2.05) is 0 Å². The van der Waals surface area contributed by atoms with Gasteiger partial charge in [0, 0.05) is 13.1 Å². The van der Waals surface area contributed by atoms with E-state index in [0.29, 0.717) is 11.1 Å². The van der Waals surface area contributed by atoms with Crippen LogP contribution in [0.3, 0.4) is 0 Å². The SMILES string of the molecule is CCC1(CC)CCN(c2nc(Cl)nc3nc[nH]c23)C1. The van der Waals surface area contributed by atoms with Crippen LogP contribution >= 0.6 is 11.6 Å². The van der Waals surface area contributed by atoms with Crippen molar-refractivity contribution >= 4 is 28.6 Å². The van der Waals surface area contributed by atoms with Crippen LogP contribution in [0.5, 0.6) is 0 Å². The fraction of sp³-hybridized carbons (Fsp3) is 0.615. The van der Waals surface area contributed by atoms with Gasteiger partial charge in [0.1, 0.15) is 5.52 Å². The van der Waals surface area contributed by atoms with Crippen LogP contribution in [-0.4, -0.2) is 33.0 Å². The predicted molar refractivity (Wildman–Crippen MR) is 76.5 cm³/mol. The zero-order valence-corrected chi connectivity index (χ0v) is 12.0. The molecule has 0 bridgehead atoms. The fourth-order valence-electron chi connectivity index (χ4n) is 2.96. The Kier molecular flexibility index (Phi) is 3.09. The third-order valence-electron chi connectivity index (χ3n) is 4.48. The van der Waals surface area contributed by atoms with Crippen molar-refractivity contribution in [3.63, 3.8) is 0 Å². The highest BCUT2D eigenvalue weighted by molar-refractivity contribution is 6.28. The lowest BCUT2D eigenvalue weighted by molar-refractivity contribution is 0.301. The number of hydrogen-bond donors (Lipinski definition) is 1. The molecule has 1 N–H and O–H groups in total. The summed E-state index contributed by atoms with van der Waals surface area (Å²) in [6.07, 6.45) is 5.25. The van der Waals surface area contributed by atoms with Gasteiger partial charge in [-0.05, 0) is 36.3 Å². The summed E-state index contributed by atoms with van der Waals surface area (Å²) in [7, 11) is 0. The molecule has 0 radical (unpaired) electrons. The van der Waals surface area contributed by atoms with Gasteiger partial charge in [-0.25, -0.2) is 4.98 Å². The summed E-state index contributed by atoms with van der Waals surface area (Å²) in [6, 6.07) is 0. The second kappa shape index (κ2) is 4.63. The van der Waals surface area contributed by atoms with Gasteiger partial charge in [0.25, 0.3) is 0 Å². The van der Waals surface area contributed by atoms with Crippen molar-refractivity contribution < 1.29 is 0 Å². The molecule has 1 saturated heterocycles. The molecule has 6 heteroatoms. The third kappa shape index (κ3) is 2.06. The van der Waals surface area contributed by atoms with Crippen molar-refractivity contribution in [2.75, 3.05) is 18.0 Å². The summed E-state index contributed by atoms with van der Waals surface area (Å²) in [5.41, 5.74) is 1.93. The maximum absolute atomic E-state index is 6.00. The van der Waals surface area contributed by atoms with Gasteiger partial charge in [0.05, 0.1) is 6.33 Å². The van der Waals surface area contributed by atoms with Crippen LogP contribution in [0.1, 0.15) is 33.1 Å². The Hall–Kier alpha value is -1.36. The number of H-pyrrole nitrogens is 1. The Balaban J connectivity index is 1.99. The molecule has 0 unspecified atom stereocenters. The first-order valence-corrected chi connectivity index (χ1v) is 7.17. The minimum Gasteiger partial charge on any atom is -0.354 e. The lowest BCUT2D eigenvalue weighted by atomic mass is 9.82. The molecule has 0 amide bonds. The van der Waals surface area contributed by atoms with Crippen LogP contribution < -0.4 is 4.90 Å². The molecule has 2 aromatic heterocycles. The lowest BCUT2D eigenvalue weighted by Crippen LogP contribution is -2.27. The molecule has 102 valence electrons. The largest absolute Gasteiger partial charge is 0.354 e. The first kappa shape index (κ1) is 12.7. The molecule has 1 aliphatic rings. The van der Waals surface area contributed by atoms with Crippen LogP contribution in [-0.2, 0) is 0 Å². The molecule has 0 aliphatic carbocycles. The Morgan fingerprint density at radius 1 is 1.37 bits per heavy atom. The van der Waals surface area contributed by atoms with Crippen LogP contribution in [0.4, 0.5) is 5.82 Å². The number of anilines is 1. The molecule has 0 saturated carbocycles. The first-order valence-electron chi connectivity index (χ1n) is 6.79. The number of rotatable bonds is 3. The van der Waals surface area contributed by atoms with Gasteiger partial charge in [0.2, 0.25) is 5.28 Å². The highest BCUT2D eigenvalue weighted by Gasteiger charge is 2.36. The standard InChI is InChI=1S/C13H18ClN5/c1-3-13(4-2)5-6-19(7-13)11-9-10(16-8-15-9)17-12(14)18-11/h8H,3-7H2,1-2H3,(H,15,16,17,18). The zero-order chi connectivity index (χ0) is 13.5. The molecule has 1 fully saturated rings. The first-order chi connectivity index (χ1) is 9.17. The molecule has 19 heavy (non-hydrogen) atoms. The third-order valence-corrected chi connectivity index (χ3v) is 4.65. The Morgan fingerprint density at radius 3 is 2.84 bits per heavy atom. The van der Waals surface area contributed by atoms with E-state index in [9.17, 15) is 0 Å². The maximum atomic E-state index is 6.00. The average molecular weight is 280 g/mol. The predicted octanol–water partition coefficient (Wildman–Crippen LogP) is 3.02. The van der Waals surface area contributed by atoms with Crippen LogP contribution in [0.15, 0.2) is 6.33 Å². The second-order valence-electron chi connectivity index (χ2n) is 5.30. The lowest BCUT2D eigenvalue weighted by Gasteiger charge is -2.26. The maximum Gasteiger partial charge on any atom is 0.226 e. The number of halogens is 1. The molecule has 3 rings (SSSR count). The molecule has 5 nitrogen and oxygen atoms in total. The number of hydrogen-bond acceptors (Lipinski definition) is 4. The van der Waals surface area contributed by atoms with E-state index in [1.54, 1.807) is 6.33 Å². The van der Waals surface area contributed by atoms with Crippen molar-refractivity contribution in [2.45, 2.75) is 33.1 Å². The Morgan fingerprint density at radius 2 is 2.16 bits per heavy atom. The molecular weight excluding hydrogens is 262 g/mol. The highest BCUT2D eigenvalue weighted by Crippen LogP contribution is 2.39. The molecule has 1 aliphatic heterocycles. The van der Waals surface area contributed by atoms with Gasteiger partial charge in [-0.3, -0.25) is 0 Å². The average Bonchev–Trinajstić information content (AvgIpc) is 3.04. The van der Waals surface area contributed by atoms with E-state index in [1.165, 1.54) is 19.3 Å². The number of fused-ring (bicyclic) bond motifs is 1. The van der Waals surface area contributed by atoms with E-state index >= 15 is 0 Å². The summed E-state index contributed by atoms with van der Waals surface area (Å²) in [4.78, 5) is 18.1. The van der Waals surface area contributed by atoms with Crippen molar-refractivity contribution in [1.82, 2.24) is 19.9 Å². The topological polar surface area (TPSA) is 57.7 Å². The molecule has 0 atom stereocenters. The minimum atomic E-state index is 0.264. The fourth-order valence-corrected chi connectivity index (χ4v) is 3.12. The van der Waals surface area contributed by atoms with Gasteiger partial charge in [-0.15, -0.1) is 0 Å². The molecule has 3 heterocycles. The highest BCUT2D eigenvalue weighted by atomic mass is 35.5. The molecule has 0 spiro atoms. The molecule has 0 aromatic carbocycles. The second-order valence-corrected chi connectivity index (χ2v) is 5.63. The van der Waals surface area contributed by atoms with Gasteiger partial charge < -0.3 is 9.88 Å². The summed E-state index contributed by atoms with van der Waals surface area (Å²) in [6.45, 7) is 6.59. The summed E-state index contributed by atoms with van der Waals surface area (Å²) >= 11 is 6.00. The van der Waals surface area contributed by atoms with E-state index in [2.05, 4.69) is 38.7 Å². The van der Waals surface area contributed by atoms with Crippen molar-refractivity contribution in [2.24, 2.45) is 5.41 Å². The van der Waals surface area contributed by atoms with E-state index in [4.69, 9.17) is 11.6 Å². The molecular formula is C13H18ClN5. The quantitative estimate of drug-likeness (QED) is 0.878. The van der Waals surface area contributed by atoms with Gasteiger partial charge in [-0.1, -0.05) is 13.8 Å². The van der Waals surface area contributed by atoms with Gasteiger partial charge in [-0.2, -0.15) is 9.97 Å². The number of nitrogens with zero attached hydrogens (tertiary/aromatic N) is 4. The van der Waals surface area contributed by atoms with Gasteiger partial charge in [0.15, 0.2) is 11.5 Å². The molecule has 2 aromatic rings. The minimum absolute atomic E-state index is 0.264. The van der Waals surface area contributed by atoms with Crippen molar-refractivity contribution in [3.05, 3.63) is 11.6 Å². The van der Waals surface area contributed by atoms with Crippen molar-refractivity contribution in [1.29, 1.82) is 0 Å². The van der Waals surface area contributed by atoms with Crippen LogP contribution in [0, 0.1) is 5.41 Å². The van der Waals surface area contributed by atoms with E-state index in [-0.39, 0.29) is 5.28 Å². The number of imidazole rings is 1. The monoisotopic (exact) mass is 279 g/mol. The number of aromatic amines is 1. The zero-order valence-electron chi connectivity index (χ0n) is 11.3. The Labute approximate surface area is 117 Å². The van der Waals surface area contributed by atoms with E-state index < -0.39 is 0 Å². The summed E-state index contributed by atoms with van der Waals surface area (Å²) in [5.74, 6) is 0.885. The van der Waals surface area contributed by atoms with Crippen LogP contribution in [0.25, 0.3) is 11.2 Å². The summed E-state index contributed by atoms with van der Waals surface area (Å²) < 4.78 is 0. The number of aromatic nitrogens is 4.